The van der Waals surface area contributed by atoms with Gasteiger partial charge in [-0.2, -0.15) is 5.26 Å². The van der Waals surface area contributed by atoms with E-state index >= 15 is 0 Å². The van der Waals surface area contributed by atoms with Crippen molar-refractivity contribution >= 4 is 9.84 Å². The van der Waals surface area contributed by atoms with E-state index in [1.54, 1.807) is 24.3 Å². The monoisotopic (exact) mass is 287 g/mol. The number of hydrogen-bond acceptors (Lipinski definition) is 4. The summed E-state index contributed by atoms with van der Waals surface area (Å²) in [6.45, 7) is 1.89. The molecule has 0 spiro atoms. The van der Waals surface area contributed by atoms with Gasteiger partial charge in [-0.05, 0) is 42.8 Å². The maximum atomic E-state index is 11.5. The highest BCUT2D eigenvalue weighted by Crippen LogP contribution is 2.27. The van der Waals surface area contributed by atoms with Crippen molar-refractivity contribution in [2.45, 2.75) is 11.8 Å². The fourth-order valence-electron chi connectivity index (χ4n) is 1.70. The lowest BCUT2D eigenvalue weighted by atomic mass is 10.1. The molecule has 0 fully saturated rings. The third-order valence-electron chi connectivity index (χ3n) is 2.72. The highest BCUT2D eigenvalue weighted by atomic mass is 32.2. The average Bonchev–Trinajstić information content (AvgIpc) is 2.38. The van der Waals surface area contributed by atoms with Gasteiger partial charge >= 0.3 is 0 Å². The Morgan fingerprint density at radius 2 is 1.90 bits per heavy atom. The average molecular weight is 287 g/mol. The first-order valence-electron chi connectivity index (χ1n) is 5.89. The molecule has 0 unspecified atom stereocenters. The van der Waals surface area contributed by atoms with Crippen molar-refractivity contribution in [1.82, 2.24) is 0 Å². The molecule has 0 saturated carbocycles. The fourth-order valence-corrected chi connectivity index (χ4v) is 2.36. The van der Waals surface area contributed by atoms with Crippen molar-refractivity contribution < 1.29 is 13.2 Å². The van der Waals surface area contributed by atoms with Crippen LogP contribution >= 0.6 is 0 Å². The molecular weight excluding hydrogens is 274 g/mol. The molecule has 0 heterocycles. The second-order valence-corrected chi connectivity index (χ2v) is 6.48. The van der Waals surface area contributed by atoms with E-state index in [2.05, 4.69) is 0 Å². The smallest absolute Gasteiger partial charge is 0.175 e. The number of nitriles is 1. The minimum atomic E-state index is -3.29. The van der Waals surface area contributed by atoms with E-state index in [1.807, 2.05) is 19.1 Å². The zero-order chi connectivity index (χ0) is 14.8. The molecule has 0 atom stereocenters. The highest BCUT2D eigenvalue weighted by Gasteiger charge is 2.10. The highest BCUT2D eigenvalue weighted by molar-refractivity contribution is 7.90. The van der Waals surface area contributed by atoms with E-state index in [4.69, 9.17) is 10.00 Å². The lowest BCUT2D eigenvalue weighted by molar-refractivity contribution is 0.479. The Bertz CT molecular complexity index is 789. The summed E-state index contributed by atoms with van der Waals surface area (Å²) >= 11 is 0. The largest absolute Gasteiger partial charge is 0.456 e. The number of nitrogens with zero attached hydrogens (tertiary/aromatic N) is 1. The Kier molecular flexibility index (Phi) is 3.77. The van der Waals surface area contributed by atoms with Gasteiger partial charge in [0, 0.05) is 6.26 Å². The van der Waals surface area contributed by atoms with E-state index in [1.165, 1.54) is 12.1 Å². The Morgan fingerprint density at radius 3 is 2.55 bits per heavy atom. The van der Waals surface area contributed by atoms with Gasteiger partial charge in [0.2, 0.25) is 0 Å². The number of sulfone groups is 1. The molecule has 0 N–H and O–H groups in total. The number of rotatable bonds is 3. The molecule has 4 nitrogen and oxygen atoms in total. The van der Waals surface area contributed by atoms with Gasteiger partial charge in [-0.1, -0.05) is 12.1 Å². The van der Waals surface area contributed by atoms with E-state index in [9.17, 15) is 8.42 Å². The van der Waals surface area contributed by atoms with Crippen LogP contribution in [0.3, 0.4) is 0 Å². The molecule has 0 aliphatic rings. The zero-order valence-electron chi connectivity index (χ0n) is 11.1. The molecule has 102 valence electrons. The van der Waals surface area contributed by atoms with Gasteiger partial charge in [0.05, 0.1) is 10.5 Å². The van der Waals surface area contributed by atoms with E-state index in [0.717, 1.165) is 11.8 Å². The van der Waals surface area contributed by atoms with Gasteiger partial charge in [0.1, 0.15) is 17.6 Å². The molecule has 2 aromatic rings. The Morgan fingerprint density at radius 1 is 1.15 bits per heavy atom. The molecule has 0 aliphatic heterocycles. The SMILES string of the molecule is Cc1ccc(C#N)c(Oc2cccc(S(C)(=O)=O)c2)c1. The molecule has 0 radical (unpaired) electrons. The van der Waals surface area contributed by atoms with Gasteiger partial charge in [-0.15, -0.1) is 0 Å². The molecule has 0 aromatic heterocycles. The predicted molar refractivity (Wildman–Crippen MR) is 75.5 cm³/mol. The van der Waals surface area contributed by atoms with E-state index in [-0.39, 0.29) is 4.90 Å². The third kappa shape index (κ3) is 3.16. The van der Waals surface area contributed by atoms with Crippen LogP contribution in [0, 0.1) is 18.3 Å². The summed E-state index contributed by atoms with van der Waals surface area (Å²) in [5, 5.41) is 9.05. The Balaban J connectivity index is 2.41. The minimum Gasteiger partial charge on any atom is -0.456 e. The van der Waals surface area contributed by atoms with Gasteiger partial charge in [-0.25, -0.2) is 8.42 Å². The topological polar surface area (TPSA) is 67.2 Å². The lowest BCUT2D eigenvalue weighted by Gasteiger charge is -2.09. The van der Waals surface area contributed by atoms with Crippen molar-refractivity contribution in [3.63, 3.8) is 0 Å². The van der Waals surface area contributed by atoms with Crippen LogP contribution in [0.1, 0.15) is 11.1 Å². The molecule has 2 aromatic carbocycles. The third-order valence-corrected chi connectivity index (χ3v) is 3.83. The van der Waals surface area contributed by atoms with Gasteiger partial charge < -0.3 is 4.74 Å². The number of hydrogen-bond donors (Lipinski definition) is 0. The van der Waals surface area contributed by atoms with Crippen molar-refractivity contribution in [3.05, 3.63) is 53.6 Å². The van der Waals surface area contributed by atoms with Crippen molar-refractivity contribution in [2.24, 2.45) is 0 Å². The molecule has 20 heavy (non-hydrogen) atoms. The van der Waals surface area contributed by atoms with Crippen molar-refractivity contribution in [3.8, 4) is 17.6 Å². The predicted octanol–water partition coefficient (Wildman–Crippen LogP) is 3.06. The fraction of sp³-hybridized carbons (Fsp3) is 0.133. The van der Waals surface area contributed by atoms with Crippen LogP contribution in [0.4, 0.5) is 0 Å². The standard InChI is InChI=1S/C15H13NO3S/c1-11-6-7-12(10-16)15(8-11)19-13-4-3-5-14(9-13)20(2,17)18/h3-9H,1-2H3. The second-order valence-electron chi connectivity index (χ2n) is 4.46. The summed E-state index contributed by atoms with van der Waals surface area (Å²) < 4.78 is 28.6. The normalized spacial score (nSPS) is 10.8. The summed E-state index contributed by atoms with van der Waals surface area (Å²) in [7, 11) is -3.29. The van der Waals surface area contributed by atoms with E-state index in [0.29, 0.717) is 17.1 Å². The maximum Gasteiger partial charge on any atom is 0.175 e. The molecule has 0 aliphatic carbocycles. The van der Waals surface area contributed by atoms with Crippen LogP contribution in [-0.4, -0.2) is 14.7 Å². The van der Waals surface area contributed by atoms with Crippen molar-refractivity contribution in [1.29, 1.82) is 5.26 Å². The Labute approximate surface area is 118 Å². The summed E-state index contributed by atoms with van der Waals surface area (Å²) in [6, 6.07) is 13.5. The number of aryl methyl sites for hydroxylation is 1. The molecule has 0 bridgehead atoms. The van der Waals surface area contributed by atoms with Crippen LogP contribution in [0.25, 0.3) is 0 Å². The van der Waals surface area contributed by atoms with Crippen LogP contribution in [-0.2, 0) is 9.84 Å². The summed E-state index contributed by atoms with van der Waals surface area (Å²) in [5.41, 5.74) is 1.36. The van der Waals surface area contributed by atoms with Gasteiger partial charge in [-0.3, -0.25) is 0 Å². The lowest BCUT2D eigenvalue weighted by Crippen LogP contribution is -1.97. The quantitative estimate of drug-likeness (QED) is 0.870. The molecule has 0 saturated heterocycles. The molecule has 2 rings (SSSR count). The van der Waals surface area contributed by atoms with E-state index < -0.39 is 9.84 Å². The van der Waals surface area contributed by atoms with Crippen LogP contribution in [0.5, 0.6) is 11.5 Å². The maximum absolute atomic E-state index is 11.5. The Hall–Kier alpha value is -2.32. The van der Waals surface area contributed by atoms with Gasteiger partial charge in [0.15, 0.2) is 9.84 Å². The molecule has 5 heteroatoms. The van der Waals surface area contributed by atoms with Crippen molar-refractivity contribution in [2.75, 3.05) is 6.26 Å². The van der Waals surface area contributed by atoms with Crippen LogP contribution in [0.2, 0.25) is 0 Å². The molecular formula is C15H13NO3S. The first kappa shape index (κ1) is 14.1. The summed E-state index contributed by atoms with van der Waals surface area (Å²) in [4.78, 5) is 0.182. The number of ether oxygens (including phenoxy) is 1. The molecule has 0 amide bonds. The minimum absolute atomic E-state index is 0.182. The summed E-state index contributed by atoms with van der Waals surface area (Å²) in [5.74, 6) is 0.799. The van der Waals surface area contributed by atoms with Crippen LogP contribution in [0.15, 0.2) is 47.4 Å². The second kappa shape index (κ2) is 5.35. The van der Waals surface area contributed by atoms with Gasteiger partial charge in [0.25, 0.3) is 0 Å². The first-order valence-corrected chi connectivity index (χ1v) is 7.78. The first-order chi connectivity index (χ1) is 9.40. The zero-order valence-corrected chi connectivity index (χ0v) is 11.9. The number of benzene rings is 2. The summed E-state index contributed by atoms with van der Waals surface area (Å²) in [6.07, 6.45) is 1.14. The van der Waals surface area contributed by atoms with Crippen LogP contribution < -0.4 is 4.74 Å².